The van der Waals surface area contributed by atoms with E-state index in [1.54, 1.807) is 37.5 Å². The van der Waals surface area contributed by atoms with E-state index in [1.165, 1.54) is 4.90 Å². The SMILES string of the molecule is C[C@]1(c2cccnc2)NC(=O)N(CCc2ccccc2Cl)C1=O. The van der Waals surface area contributed by atoms with E-state index in [9.17, 15) is 9.59 Å². The molecular weight excluding hydrogens is 314 g/mol. The normalized spacial score (nSPS) is 20.7. The molecule has 1 N–H and O–H groups in total. The Hall–Kier alpha value is -2.40. The Balaban J connectivity index is 1.78. The number of nitrogens with zero attached hydrogens (tertiary/aromatic N) is 2. The second-order valence-electron chi connectivity index (χ2n) is 5.60. The van der Waals surface area contributed by atoms with Crippen molar-refractivity contribution in [3.05, 3.63) is 64.9 Å². The maximum absolute atomic E-state index is 12.7. The largest absolute Gasteiger partial charge is 0.325 e. The second-order valence-corrected chi connectivity index (χ2v) is 6.00. The van der Waals surface area contributed by atoms with Crippen LogP contribution in [0.4, 0.5) is 4.79 Å². The number of urea groups is 1. The highest BCUT2D eigenvalue weighted by Crippen LogP contribution is 2.28. The number of carbonyl (C=O) groups excluding carboxylic acids is 2. The molecule has 1 aliphatic rings. The summed E-state index contributed by atoms with van der Waals surface area (Å²) in [5.41, 5.74) is 0.495. The third-order valence-electron chi connectivity index (χ3n) is 4.08. The highest BCUT2D eigenvalue weighted by atomic mass is 35.5. The summed E-state index contributed by atoms with van der Waals surface area (Å²) >= 11 is 6.12. The van der Waals surface area contributed by atoms with Crippen molar-refractivity contribution in [2.45, 2.75) is 18.9 Å². The minimum absolute atomic E-state index is 0.275. The van der Waals surface area contributed by atoms with Crippen LogP contribution in [0.1, 0.15) is 18.1 Å². The van der Waals surface area contributed by atoms with Gasteiger partial charge in [-0.3, -0.25) is 14.7 Å². The maximum atomic E-state index is 12.7. The minimum Gasteiger partial charge on any atom is -0.319 e. The van der Waals surface area contributed by atoms with E-state index >= 15 is 0 Å². The molecule has 1 atom stereocenters. The standard InChI is InChI=1S/C17H16ClN3O2/c1-17(13-6-4-9-19-11-13)15(22)21(16(23)20-17)10-8-12-5-2-3-7-14(12)18/h2-7,9,11H,8,10H2,1H3,(H,20,23)/t17-/m1/s1. The molecule has 0 saturated carbocycles. The monoisotopic (exact) mass is 329 g/mol. The molecule has 2 aromatic rings. The molecule has 1 aromatic carbocycles. The number of nitrogens with one attached hydrogen (secondary N) is 1. The van der Waals surface area contributed by atoms with Crippen molar-refractivity contribution in [3.8, 4) is 0 Å². The van der Waals surface area contributed by atoms with Crippen LogP contribution in [-0.4, -0.2) is 28.4 Å². The number of rotatable bonds is 4. The van der Waals surface area contributed by atoms with Crippen LogP contribution >= 0.6 is 11.6 Å². The smallest absolute Gasteiger partial charge is 0.319 e. The molecule has 118 valence electrons. The highest BCUT2D eigenvalue weighted by molar-refractivity contribution is 6.31. The van der Waals surface area contributed by atoms with E-state index in [0.717, 1.165) is 5.56 Å². The van der Waals surface area contributed by atoms with Crippen LogP contribution in [0.2, 0.25) is 5.02 Å². The van der Waals surface area contributed by atoms with E-state index in [0.29, 0.717) is 17.0 Å². The molecular formula is C17H16ClN3O2. The Labute approximate surface area is 139 Å². The lowest BCUT2D eigenvalue weighted by molar-refractivity contribution is -0.131. The lowest BCUT2D eigenvalue weighted by Gasteiger charge is -2.21. The van der Waals surface area contributed by atoms with Gasteiger partial charge in [0.1, 0.15) is 5.54 Å². The Kier molecular flexibility index (Phi) is 4.05. The number of hydrogen-bond acceptors (Lipinski definition) is 3. The fraction of sp³-hybridized carbons (Fsp3) is 0.235. The number of benzene rings is 1. The molecule has 0 unspecified atom stereocenters. The molecule has 0 spiro atoms. The van der Waals surface area contributed by atoms with Crippen LogP contribution in [-0.2, 0) is 16.8 Å². The number of carbonyl (C=O) groups is 2. The van der Waals surface area contributed by atoms with Crippen LogP contribution in [0.3, 0.4) is 0 Å². The van der Waals surface area contributed by atoms with Crippen LogP contribution in [0.5, 0.6) is 0 Å². The summed E-state index contributed by atoms with van der Waals surface area (Å²) in [6, 6.07) is 10.5. The van der Waals surface area contributed by atoms with Crippen molar-refractivity contribution in [1.29, 1.82) is 0 Å². The summed E-state index contributed by atoms with van der Waals surface area (Å²) < 4.78 is 0. The van der Waals surface area contributed by atoms with Gasteiger partial charge in [-0.25, -0.2) is 4.79 Å². The lowest BCUT2D eigenvalue weighted by Crippen LogP contribution is -2.41. The van der Waals surface area contributed by atoms with Crippen LogP contribution in [0.25, 0.3) is 0 Å². The van der Waals surface area contributed by atoms with Gasteiger partial charge in [0.25, 0.3) is 5.91 Å². The molecule has 6 heteroatoms. The summed E-state index contributed by atoms with van der Waals surface area (Å²) in [5.74, 6) is -0.275. The first-order chi connectivity index (χ1) is 11.0. The molecule has 0 radical (unpaired) electrons. The van der Waals surface area contributed by atoms with Crippen molar-refractivity contribution in [2.24, 2.45) is 0 Å². The van der Waals surface area contributed by atoms with Crippen molar-refractivity contribution < 1.29 is 9.59 Å². The molecule has 1 aliphatic heterocycles. The molecule has 0 aliphatic carbocycles. The number of imide groups is 1. The second kappa shape index (κ2) is 6.01. The molecule has 5 nitrogen and oxygen atoms in total. The predicted molar refractivity (Wildman–Crippen MR) is 87.0 cm³/mol. The average Bonchev–Trinajstić information content (AvgIpc) is 2.78. The van der Waals surface area contributed by atoms with Gasteiger partial charge in [-0.2, -0.15) is 0 Å². The van der Waals surface area contributed by atoms with E-state index in [4.69, 9.17) is 11.6 Å². The zero-order valence-electron chi connectivity index (χ0n) is 12.6. The van der Waals surface area contributed by atoms with Crippen molar-refractivity contribution in [2.75, 3.05) is 6.54 Å². The molecule has 1 aromatic heterocycles. The van der Waals surface area contributed by atoms with Gasteiger partial charge < -0.3 is 5.32 Å². The number of pyridine rings is 1. The third kappa shape index (κ3) is 2.80. The van der Waals surface area contributed by atoms with E-state index in [2.05, 4.69) is 10.3 Å². The quantitative estimate of drug-likeness (QED) is 0.877. The molecule has 23 heavy (non-hydrogen) atoms. The van der Waals surface area contributed by atoms with Gasteiger partial charge in [0.2, 0.25) is 0 Å². The summed E-state index contributed by atoms with van der Waals surface area (Å²) in [7, 11) is 0. The van der Waals surface area contributed by atoms with E-state index in [-0.39, 0.29) is 12.5 Å². The first kappa shape index (κ1) is 15.5. The summed E-state index contributed by atoms with van der Waals surface area (Å²) in [5, 5.41) is 3.40. The first-order valence-electron chi connectivity index (χ1n) is 7.30. The van der Waals surface area contributed by atoms with Crippen LogP contribution in [0.15, 0.2) is 48.8 Å². The van der Waals surface area contributed by atoms with Crippen molar-refractivity contribution in [1.82, 2.24) is 15.2 Å². The van der Waals surface area contributed by atoms with E-state index < -0.39 is 11.6 Å². The molecule has 1 fully saturated rings. The zero-order valence-corrected chi connectivity index (χ0v) is 13.4. The zero-order chi connectivity index (χ0) is 16.4. The number of halogens is 1. The van der Waals surface area contributed by atoms with Gasteiger partial charge >= 0.3 is 6.03 Å². The number of aromatic nitrogens is 1. The maximum Gasteiger partial charge on any atom is 0.325 e. The summed E-state index contributed by atoms with van der Waals surface area (Å²) in [6.45, 7) is 1.98. The molecule has 0 bridgehead atoms. The van der Waals surface area contributed by atoms with Gasteiger partial charge in [0, 0.05) is 29.5 Å². The number of amides is 3. The Bertz CT molecular complexity index is 751. The van der Waals surface area contributed by atoms with Crippen molar-refractivity contribution in [3.63, 3.8) is 0 Å². The fourth-order valence-corrected chi connectivity index (χ4v) is 2.92. The highest BCUT2D eigenvalue weighted by Gasteiger charge is 2.48. The van der Waals surface area contributed by atoms with Gasteiger partial charge in [-0.15, -0.1) is 0 Å². The van der Waals surface area contributed by atoms with Gasteiger partial charge in [-0.1, -0.05) is 35.9 Å². The Morgan fingerprint density at radius 3 is 2.70 bits per heavy atom. The Morgan fingerprint density at radius 1 is 1.22 bits per heavy atom. The molecule has 1 saturated heterocycles. The van der Waals surface area contributed by atoms with Crippen LogP contribution < -0.4 is 5.32 Å². The summed E-state index contributed by atoms with van der Waals surface area (Å²) in [4.78, 5) is 30.2. The minimum atomic E-state index is -1.08. The summed E-state index contributed by atoms with van der Waals surface area (Å²) in [6.07, 6.45) is 3.74. The Morgan fingerprint density at radius 2 is 2.00 bits per heavy atom. The van der Waals surface area contributed by atoms with Crippen LogP contribution in [0, 0.1) is 0 Å². The van der Waals surface area contributed by atoms with Gasteiger partial charge in [0.05, 0.1) is 0 Å². The predicted octanol–water partition coefficient (Wildman–Crippen LogP) is 2.74. The lowest BCUT2D eigenvalue weighted by atomic mass is 9.93. The fourth-order valence-electron chi connectivity index (χ4n) is 2.69. The van der Waals surface area contributed by atoms with Gasteiger partial charge in [-0.05, 0) is 31.0 Å². The average molecular weight is 330 g/mol. The molecule has 3 rings (SSSR count). The van der Waals surface area contributed by atoms with Gasteiger partial charge in [0.15, 0.2) is 0 Å². The topological polar surface area (TPSA) is 62.3 Å². The van der Waals surface area contributed by atoms with Crippen molar-refractivity contribution >= 4 is 23.5 Å². The number of hydrogen-bond donors (Lipinski definition) is 1. The third-order valence-corrected chi connectivity index (χ3v) is 4.45. The molecule has 3 amide bonds. The van der Waals surface area contributed by atoms with E-state index in [1.807, 2.05) is 18.2 Å². The first-order valence-corrected chi connectivity index (χ1v) is 7.68. The molecule has 2 heterocycles.